The van der Waals surface area contributed by atoms with Gasteiger partial charge in [0.25, 0.3) is 21.6 Å². The van der Waals surface area contributed by atoms with Gasteiger partial charge in [-0.2, -0.15) is 5.10 Å². The third-order valence-electron chi connectivity index (χ3n) is 6.15. The molecule has 0 radical (unpaired) electrons. The smallest absolute Gasteiger partial charge is 0.270 e. The normalized spacial score (nSPS) is 13.8. The Kier molecular flexibility index (Phi) is 8.57. The van der Waals surface area contributed by atoms with Gasteiger partial charge in [0.05, 0.1) is 34.9 Å². The van der Waals surface area contributed by atoms with Crippen molar-refractivity contribution in [2.24, 2.45) is 5.10 Å². The van der Waals surface area contributed by atoms with Crippen molar-refractivity contribution >= 4 is 39.2 Å². The van der Waals surface area contributed by atoms with Gasteiger partial charge in [-0.05, 0) is 49.7 Å². The van der Waals surface area contributed by atoms with Crippen LogP contribution in [0.5, 0.6) is 0 Å². The Labute approximate surface area is 226 Å². The van der Waals surface area contributed by atoms with Crippen molar-refractivity contribution in [1.29, 1.82) is 0 Å². The number of nitrogens with one attached hydrogen (secondary N) is 1. The number of anilines is 2. The number of benzene rings is 3. The van der Waals surface area contributed by atoms with Crippen molar-refractivity contribution in [3.8, 4) is 0 Å². The maximum atomic E-state index is 13.5. The van der Waals surface area contributed by atoms with E-state index in [-0.39, 0.29) is 10.6 Å². The fraction of sp³-hybridized carbons (Fsp3) is 0.259. The highest BCUT2D eigenvalue weighted by atomic mass is 32.2. The van der Waals surface area contributed by atoms with Crippen LogP contribution in [0, 0.1) is 24.0 Å². The van der Waals surface area contributed by atoms with Gasteiger partial charge in [0.1, 0.15) is 6.54 Å². The van der Waals surface area contributed by atoms with E-state index in [2.05, 4.69) is 10.5 Å². The summed E-state index contributed by atoms with van der Waals surface area (Å²) in [4.78, 5) is 25.8. The third kappa shape index (κ3) is 6.78. The molecule has 1 aliphatic heterocycles. The van der Waals surface area contributed by atoms with Crippen LogP contribution in [-0.2, 0) is 19.6 Å². The SMILES string of the molecule is Cc1ccc(S(=O)(=O)N(CC(=O)N/N=C\c2cc([N+](=O)[O-])ccc2N2CCOCC2)c2cccc(C)c2)cc1. The first-order valence-electron chi connectivity index (χ1n) is 12.2. The van der Waals surface area contributed by atoms with Crippen molar-refractivity contribution in [3.63, 3.8) is 0 Å². The Morgan fingerprint density at radius 3 is 2.46 bits per heavy atom. The van der Waals surface area contributed by atoms with Gasteiger partial charge >= 0.3 is 0 Å². The van der Waals surface area contributed by atoms with Crippen LogP contribution in [0.25, 0.3) is 0 Å². The Balaban J connectivity index is 1.57. The number of amides is 1. The molecular formula is C27H29N5O6S. The van der Waals surface area contributed by atoms with Crippen molar-refractivity contribution in [3.05, 3.63) is 93.5 Å². The zero-order chi connectivity index (χ0) is 28.0. The molecule has 0 spiro atoms. The molecule has 12 heteroatoms. The van der Waals surface area contributed by atoms with Crippen LogP contribution in [0.15, 0.2) is 76.7 Å². The van der Waals surface area contributed by atoms with E-state index in [1.807, 2.05) is 24.8 Å². The summed E-state index contributed by atoms with van der Waals surface area (Å²) in [5.74, 6) is -0.679. The predicted molar refractivity (Wildman–Crippen MR) is 149 cm³/mol. The van der Waals surface area contributed by atoms with Gasteiger partial charge < -0.3 is 9.64 Å². The van der Waals surface area contributed by atoms with Crippen LogP contribution in [0.3, 0.4) is 0 Å². The van der Waals surface area contributed by atoms with Crippen LogP contribution < -0.4 is 14.6 Å². The Morgan fingerprint density at radius 1 is 1.08 bits per heavy atom. The van der Waals surface area contributed by atoms with E-state index in [0.29, 0.717) is 43.2 Å². The summed E-state index contributed by atoms with van der Waals surface area (Å²) in [5, 5.41) is 15.3. The number of hydrogen-bond acceptors (Lipinski definition) is 8. The molecule has 1 saturated heterocycles. The lowest BCUT2D eigenvalue weighted by Crippen LogP contribution is -2.39. The van der Waals surface area contributed by atoms with Crippen LogP contribution in [-0.4, -0.2) is 58.3 Å². The van der Waals surface area contributed by atoms with Crippen molar-refractivity contribution in [2.75, 3.05) is 42.1 Å². The molecule has 3 aromatic rings. The quantitative estimate of drug-likeness (QED) is 0.245. The highest BCUT2D eigenvalue weighted by Crippen LogP contribution is 2.26. The van der Waals surface area contributed by atoms with E-state index in [1.54, 1.807) is 36.4 Å². The number of sulfonamides is 1. The zero-order valence-electron chi connectivity index (χ0n) is 21.6. The first-order chi connectivity index (χ1) is 18.6. The molecule has 0 bridgehead atoms. The summed E-state index contributed by atoms with van der Waals surface area (Å²) >= 11 is 0. The molecule has 0 aromatic heterocycles. The van der Waals surface area contributed by atoms with Gasteiger partial charge in [-0.1, -0.05) is 29.8 Å². The first kappa shape index (κ1) is 27.7. The third-order valence-corrected chi connectivity index (χ3v) is 7.94. The maximum Gasteiger partial charge on any atom is 0.270 e. The van der Waals surface area contributed by atoms with Crippen LogP contribution in [0.2, 0.25) is 0 Å². The minimum atomic E-state index is -4.07. The Hall–Kier alpha value is -4.29. The summed E-state index contributed by atoms with van der Waals surface area (Å²) < 4.78 is 33.5. The number of morpholine rings is 1. The van der Waals surface area contributed by atoms with Crippen LogP contribution >= 0.6 is 0 Å². The summed E-state index contributed by atoms with van der Waals surface area (Å²) in [6.07, 6.45) is 1.32. The molecule has 11 nitrogen and oxygen atoms in total. The summed E-state index contributed by atoms with van der Waals surface area (Å²) in [5.41, 5.74) is 5.47. The number of ether oxygens (including phenoxy) is 1. The molecule has 1 fully saturated rings. The Bertz CT molecular complexity index is 1480. The number of aryl methyl sites for hydroxylation is 2. The lowest BCUT2D eigenvalue weighted by atomic mass is 10.1. The minimum absolute atomic E-state index is 0.0534. The highest BCUT2D eigenvalue weighted by Gasteiger charge is 2.27. The molecule has 1 N–H and O–H groups in total. The van der Waals surface area contributed by atoms with Crippen LogP contribution in [0.1, 0.15) is 16.7 Å². The number of non-ortho nitro benzene ring substituents is 1. The summed E-state index contributed by atoms with van der Waals surface area (Å²) in [6, 6.07) is 17.7. The van der Waals surface area contributed by atoms with Gasteiger partial charge in [-0.3, -0.25) is 19.2 Å². The number of carbonyl (C=O) groups excluding carboxylic acids is 1. The molecule has 0 unspecified atom stereocenters. The number of carbonyl (C=O) groups is 1. The van der Waals surface area contributed by atoms with Gasteiger partial charge in [0.15, 0.2) is 0 Å². The van der Waals surface area contributed by atoms with Crippen LogP contribution in [0.4, 0.5) is 17.1 Å². The average molecular weight is 552 g/mol. The first-order valence-corrected chi connectivity index (χ1v) is 13.7. The standard InChI is InChI=1S/C27H29N5O6S/c1-20-6-9-25(10-7-20)39(36,37)31(23-5-3-4-21(2)16-23)19-27(33)29-28-18-22-17-24(32(34)35)8-11-26(22)30-12-14-38-15-13-30/h3-11,16-18H,12-15,19H2,1-2H3,(H,29,33)/b28-18-. The van der Waals surface area contributed by atoms with E-state index in [1.165, 1.54) is 30.5 Å². The maximum absolute atomic E-state index is 13.5. The Morgan fingerprint density at radius 2 is 1.79 bits per heavy atom. The van der Waals surface area contributed by atoms with Crippen molar-refractivity contribution < 1.29 is 22.9 Å². The summed E-state index contributed by atoms with van der Waals surface area (Å²) in [6.45, 7) is 5.41. The second kappa shape index (κ2) is 12.0. The monoisotopic (exact) mass is 551 g/mol. The summed E-state index contributed by atoms with van der Waals surface area (Å²) in [7, 11) is -4.07. The van der Waals surface area contributed by atoms with Crippen molar-refractivity contribution in [1.82, 2.24) is 5.43 Å². The van der Waals surface area contributed by atoms with E-state index >= 15 is 0 Å². The number of hydrogen-bond donors (Lipinski definition) is 1. The van der Waals surface area contributed by atoms with Gasteiger partial charge in [-0.25, -0.2) is 13.8 Å². The predicted octanol–water partition coefficient (Wildman–Crippen LogP) is 3.39. The highest BCUT2D eigenvalue weighted by molar-refractivity contribution is 7.92. The molecule has 0 aliphatic carbocycles. The number of nitro groups is 1. The molecule has 1 aliphatic rings. The lowest BCUT2D eigenvalue weighted by molar-refractivity contribution is -0.384. The molecule has 0 atom stereocenters. The molecule has 3 aromatic carbocycles. The van der Waals surface area contributed by atoms with E-state index < -0.39 is 27.4 Å². The van der Waals surface area contributed by atoms with E-state index in [9.17, 15) is 23.3 Å². The largest absolute Gasteiger partial charge is 0.378 e. The number of hydrazone groups is 1. The topological polar surface area (TPSA) is 134 Å². The number of nitro benzene ring substituents is 1. The average Bonchev–Trinajstić information content (AvgIpc) is 2.92. The lowest BCUT2D eigenvalue weighted by Gasteiger charge is -2.29. The molecule has 1 amide bonds. The number of nitrogens with zero attached hydrogens (tertiary/aromatic N) is 4. The molecule has 204 valence electrons. The van der Waals surface area contributed by atoms with E-state index in [0.717, 1.165) is 15.4 Å². The fourth-order valence-corrected chi connectivity index (χ4v) is 5.54. The van der Waals surface area contributed by atoms with Gasteiger partial charge in [0, 0.05) is 36.5 Å². The minimum Gasteiger partial charge on any atom is -0.378 e. The van der Waals surface area contributed by atoms with Gasteiger partial charge in [0.2, 0.25) is 0 Å². The molecule has 1 heterocycles. The van der Waals surface area contributed by atoms with E-state index in [4.69, 9.17) is 4.74 Å². The second-order valence-electron chi connectivity index (χ2n) is 9.06. The van der Waals surface area contributed by atoms with Crippen molar-refractivity contribution in [2.45, 2.75) is 18.7 Å². The zero-order valence-corrected chi connectivity index (χ0v) is 22.4. The number of rotatable bonds is 9. The second-order valence-corrected chi connectivity index (χ2v) is 10.9. The molecule has 0 saturated carbocycles. The van der Waals surface area contributed by atoms with Gasteiger partial charge in [-0.15, -0.1) is 0 Å². The molecular weight excluding hydrogens is 522 g/mol. The molecule has 4 rings (SSSR count). The fourth-order valence-electron chi connectivity index (χ4n) is 4.13. The molecule has 39 heavy (non-hydrogen) atoms.